The van der Waals surface area contributed by atoms with Gasteiger partial charge in [-0.2, -0.15) is 0 Å². The Hall–Kier alpha value is -0.0800. The molecule has 4 N–H and O–H groups in total. The van der Waals surface area contributed by atoms with Crippen LogP contribution in [0.25, 0.3) is 0 Å². The third kappa shape index (κ3) is 1.94. The molecule has 0 aliphatic heterocycles. The summed E-state index contributed by atoms with van der Waals surface area (Å²) in [4.78, 5) is 0. The molecular weight excluding hydrogens is 136 g/mol. The first-order valence-electron chi connectivity index (χ1n) is 4.62. The van der Waals surface area contributed by atoms with Crippen molar-refractivity contribution in [3.8, 4) is 0 Å². The van der Waals surface area contributed by atoms with Gasteiger partial charge in [-0.3, -0.25) is 0 Å². The van der Waals surface area contributed by atoms with Gasteiger partial charge in [-0.05, 0) is 37.3 Å². The van der Waals surface area contributed by atoms with Crippen LogP contribution in [0, 0.1) is 11.3 Å². The van der Waals surface area contributed by atoms with Crippen LogP contribution in [0.4, 0.5) is 0 Å². The first kappa shape index (κ1) is 9.01. The zero-order valence-electron chi connectivity index (χ0n) is 7.47. The van der Waals surface area contributed by atoms with Gasteiger partial charge in [0.2, 0.25) is 0 Å². The minimum Gasteiger partial charge on any atom is -0.330 e. The summed E-state index contributed by atoms with van der Waals surface area (Å²) in [5.74, 6) is 0.890. The molecule has 2 nitrogen and oxygen atoms in total. The van der Waals surface area contributed by atoms with Crippen LogP contribution in [0.5, 0.6) is 0 Å². The van der Waals surface area contributed by atoms with Crippen molar-refractivity contribution in [3.05, 3.63) is 0 Å². The lowest BCUT2D eigenvalue weighted by molar-refractivity contribution is 0.173. The van der Waals surface area contributed by atoms with Crippen molar-refractivity contribution >= 4 is 0 Å². The van der Waals surface area contributed by atoms with E-state index in [0.29, 0.717) is 5.41 Å². The molecule has 2 heteroatoms. The summed E-state index contributed by atoms with van der Waals surface area (Å²) >= 11 is 0. The standard InChI is InChI=1S/C9H20N2/c1-8-2-4-9(6-10,7-11)5-3-8/h8H,2-7,10-11H2,1H3. The predicted molar refractivity (Wildman–Crippen MR) is 48.2 cm³/mol. The summed E-state index contributed by atoms with van der Waals surface area (Å²) in [6, 6.07) is 0. The van der Waals surface area contributed by atoms with Crippen molar-refractivity contribution in [3.63, 3.8) is 0 Å². The van der Waals surface area contributed by atoms with Crippen LogP contribution in [0.3, 0.4) is 0 Å². The molecule has 1 saturated carbocycles. The Morgan fingerprint density at radius 1 is 1.18 bits per heavy atom. The van der Waals surface area contributed by atoms with Gasteiger partial charge in [0.05, 0.1) is 0 Å². The second kappa shape index (κ2) is 3.55. The molecule has 0 aromatic carbocycles. The number of hydrogen-bond acceptors (Lipinski definition) is 2. The molecule has 1 aliphatic rings. The van der Waals surface area contributed by atoms with Crippen LogP contribution < -0.4 is 11.5 Å². The van der Waals surface area contributed by atoms with E-state index in [4.69, 9.17) is 11.5 Å². The molecule has 0 saturated heterocycles. The van der Waals surface area contributed by atoms with Gasteiger partial charge in [0.1, 0.15) is 0 Å². The van der Waals surface area contributed by atoms with Gasteiger partial charge < -0.3 is 11.5 Å². The monoisotopic (exact) mass is 156 g/mol. The van der Waals surface area contributed by atoms with Crippen molar-refractivity contribution < 1.29 is 0 Å². The highest BCUT2D eigenvalue weighted by Gasteiger charge is 2.31. The third-order valence-corrected chi connectivity index (χ3v) is 3.20. The maximum absolute atomic E-state index is 5.71. The van der Waals surface area contributed by atoms with Crippen LogP contribution in [-0.4, -0.2) is 13.1 Å². The molecule has 0 aromatic heterocycles. The van der Waals surface area contributed by atoms with Gasteiger partial charge in [0, 0.05) is 0 Å². The summed E-state index contributed by atoms with van der Waals surface area (Å²) in [7, 11) is 0. The molecule has 0 spiro atoms. The molecule has 0 heterocycles. The normalized spacial score (nSPS) is 25.4. The molecule has 0 radical (unpaired) electrons. The summed E-state index contributed by atoms with van der Waals surface area (Å²) in [5, 5.41) is 0. The van der Waals surface area contributed by atoms with Crippen molar-refractivity contribution in [2.45, 2.75) is 32.6 Å². The summed E-state index contributed by atoms with van der Waals surface area (Å²) < 4.78 is 0. The lowest BCUT2D eigenvalue weighted by atomic mass is 9.71. The fourth-order valence-electron chi connectivity index (χ4n) is 1.87. The Balaban J connectivity index is 2.45. The van der Waals surface area contributed by atoms with Gasteiger partial charge in [0.15, 0.2) is 0 Å². The fourth-order valence-corrected chi connectivity index (χ4v) is 1.87. The maximum atomic E-state index is 5.71. The summed E-state index contributed by atoms with van der Waals surface area (Å²) in [5.41, 5.74) is 11.7. The SMILES string of the molecule is CC1CCC(CN)(CN)CC1. The van der Waals surface area contributed by atoms with E-state index in [2.05, 4.69) is 6.92 Å². The van der Waals surface area contributed by atoms with Crippen molar-refractivity contribution in [1.29, 1.82) is 0 Å². The molecule has 1 aliphatic carbocycles. The first-order chi connectivity index (χ1) is 5.22. The number of rotatable bonds is 2. The molecule has 66 valence electrons. The van der Waals surface area contributed by atoms with E-state index in [9.17, 15) is 0 Å². The highest BCUT2D eigenvalue weighted by Crippen LogP contribution is 2.36. The number of hydrogen-bond donors (Lipinski definition) is 2. The second-order valence-electron chi connectivity index (χ2n) is 4.09. The van der Waals surface area contributed by atoms with Crippen LogP contribution in [0.2, 0.25) is 0 Å². The van der Waals surface area contributed by atoms with Crippen molar-refractivity contribution in [2.75, 3.05) is 13.1 Å². The van der Waals surface area contributed by atoms with Gasteiger partial charge >= 0.3 is 0 Å². The van der Waals surface area contributed by atoms with Crippen LogP contribution in [0.15, 0.2) is 0 Å². The average molecular weight is 156 g/mol. The van der Waals surface area contributed by atoms with Gasteiger partial charge in [-0.15, -0.1) is 0 Å². The molecule has 0 amide bonds. The van der Waals surface area contributed by atoms with Crippen LogP contribution in [0.1, 0.15) is 32.6 Å². The highest BCUT2D eigenvalue weighted by atomic mass is 14.7. The molecular formula is C9H20N2. The Morgan fingerprint density at radius 3 is 2.00 bits per heavy atom. The molecule has 0 bridgehead atoms. The van der Waals surface area contributed by atoms with Gasteiger partial charge in [-0.1, -0.05) is 19.8 Å². The first-order valence-corrected chi connectivity index (χ1v) is 4.62. The van der Waals surface area contributed by atoms with Gasteiger partial charge in [-0.25, -0.2) is 0 Å². The van der Waals surface area contributed by atoms with E-state index in [-0.39, 0.29) is 0 Å². The van der Waals surface area contributed by atoms with Crippen LogP contribution >= 0.6 is 0 Å². The molecule has 0 atom stereocenters. The Kier molecular flexibility index (Phi) is 2.90. The lowest BCUT2D eigenvalue weighted by Crippen LogP contribution is -2.40. The van der Waals surface area contributed by atoms with Crippen molar-refractivity contribution in [2.24, 2.45) is 22.8 Å². The molecule has 1 fully saturated rings. The molecule has 0 unspecified atom stereocenters. The smallest absolute Gasteiger partial charge is 0.000844 e. The quantitative estimate of drug-likeness (QED) is 0.629. The van der Waals surface area contributed by atoms with E-state index >= 15 is 0 Å². The summed E-state index contributed by atoms with van der Waals surface area (Å²) in [6.07, 6.45) is 5.10. The minimum atomic E-state index is 0.298. The fraction of sp³-hybridized carbons (Fsp3) is 1.00. The largest absolute Gasteiger partial charge is 0.330 e. The molecule has 11 heavy (non-hydrogen) atoms. The Morgan fingerprint density at radius 2 is 1.64 bits per heavy atom. The third-order valence-electron chi connectivity index (χ3n) is 3.20. The molecule has 1 rings (SSSR count). The van der Waals surface area contributed by atoms with Crippen molar-refractivity contribution in [1.82, 2.24) is 0 Å². The maximum Gasteiger partial charge on any atom is -0.000844 e. The number of nitrogens with two attached hydrogens (primary N) is 2. The molecule has 0 aromatic rings. The topological polar surface area (TPSA) is 52.0 Å². The summed E-state index contributed by atoms with van der Waals surface area (Å²) in [6.45, 7) is 3.86. The van der Waals surface area contributed by atoms with E-state index in [1.54, 1.807) is 0 Å². The lowest BCUT2D eigenvalue weighted by Gasteiger charge is -2.37. The minimum absolute atomic E-state index is 0.298. The van der Waals surface area contributed by atoms with E-state index in [0.717, 1.165) is 19.0 Å². The van der Waals surface area contributed by atoms with Gasteiger partial charge in [0.25, 0.3) is 0 Å². The average Bonchev–Trinajstić information content (AvgIpc) is 2.07. The second-order valence-corrected chi connectivity index (χ2v) is 4.09. The zero-order chi connectivity index (χ0) is 8.32. The van der Waals surface area contributed by atoms with E-state index in [1.807, 2.05) is 0 Å². The predicted octanol–water partition coefficient (Wildman–Crippen LogP) is 1.10. The van der Waals surface area contributed by atoms with E-state index < -0.39 is 0 Å². The van der Waals surface area contributed by atoms with E-state index in [1.165, 1.54) is 25.7 Å². The van der Waals surface area contributed by atoms with Crippen LogP contribution in [-0.2, 0) is 0 Å². The Labute approximate surface area is 69.3 Å². The Bertz CT molecular complexity index is 109. The zero-order valence-corrected chi connectivity index (χ0v) is 7.47. The highest BCUT2D eigenvalue weighted by molar-refractivity contribution is 4.86.